The minimum absolute atomic E-state index is 0.209. The normalized spacial score (nSPS) is 15.7. The number of hydrogen-bond donors (Lipinski definition) is 1. The molecule has 3 aromatic rings. The van der Waals surface area contributed by atoms with Crippen LogP contribution in [-0.4, -0.2) is 51.4 Å². The number of rotatable bonds is 7. The standard InChI is InChI=1S/C23H30N6O/c1-17-13-18(2)29(27-17)23-16-24-15-22(26-23)25-14-20(28-11-7-4-8-12-28)19-9-5-6-10-21(19)30-3/h5-6,9-10,13,15-16,20H,4,7-8,11-12,14H2,1-3H3,(H,25,26). The average molecular weight is 407 g/mol. The number of benzene rings is 1. The molecule has 0 aliphatic carbocycles. The predicted molar refractivity (Wildman–Crippen MR) is 118 cm³/mol. The molecule has 2 aromatic heterocycles. The van der Waals surface area contributed by atoms with E-state index in [1.807, 2.05) is 36.7 Å². The highest BCUT2D eigenvalue weighted by molar-refractivity contribution is 5.40. The fourth-order valence-corrected chi connectivity index (χ4v) is 4.21. The number of nitrogens with zero attached hydrogens (tertiary/aromatic N) is 5. The van der Waals surface area contributed by atoms with Gasteiger partial charge in [-0.25, -0.2) is 9.67 Å². The van der Waals surface area contributed by atoms with Gasteiger partial charge >= 0.3 is 0 Å². The molecule has 30 heavy (non-hydrogen) atoms. The molecule has 1 aromatic carbocycles. The summed E-state index contributed by atoms with van der Waals surface area (Å²) in [4.78, 5) is 11.7. The van der Waals surface area contributed by atoms with Crippen molar-refractivity contribution < 1.29 is 4.74 Å². The highest BCUT2D eigenvalue weighted by Crippen LogP contribution is 2.31. The fourth-order valence-electron chi connectivity index (χ4n) is 4.21. The van der Waals surface area contributed by atoms with E-state index in [1.54, 1.807) is 19.5 Å². The third kappa shape index (κ3) is 4.46. The van der Waals surface area contributed by atoms with E-state index in [2.05, 4.69) is 32.4 Å². The zero-order valence-electron chi connectivity index (χ0n) is 18.0. The lowest BCUT2D eigenvalue weighted by molar-refractivity contribution is 0.167. The summed E-state index contributed by atoms with van der Waals surface area (Å²) in [5.74, 6) is 2.40. The van der Waals surface area contributed by atoms with E-state index in [1.165, 1.54) is 24.8 Å². The number of aromatic nitrogens is 4. The van der Waals surface area contributed by atoms with E-state index >= 15 is 0 Å². The van der Waals surface area contributed by atoms with E-state index in [9.17, 15) is 0 Å². The van der Waals surface area contributed by atoms with Gasteiger partial charge in [0.15, 0.2) is 5.82 Å². The molecule has 1 N–H and O–H groups in total. The summed E-state index contributed by atoms with van der Waals surface area (Å²) < 4.78 is 7.50. The van der Waals surface area contributed by atoms with Crippen LogP contribution in [-0.2, 0) is 0 Å². The summed E-state index contributed by atoms with van der Waals surface area (Å²) in [6, 6.07) is 10.5. The van der Waals surface area contributed by atoms with Crippen LogP contribution < -0.4 is 10.1 Å². The Morgan fingerprint density at radius 1 is 1.10 bits per heavy atom. The van der Waals surface area contributed by atoms with Crippen LogP contribution in [0.1, 0.15) is 42.3 Å². The van der Waals surface area contributed by atoms with Crippen LogP contribution >= 0.6 is 0 Å². The Hall–Kier alpha value is -2.93. The Balaban J connectivity index is 1.57. The lowest BCUT2D eigenvalue weighted by Gasteiger charge is -2.35. The SMILES string of the molecule is COc1ccccc1C(CNc1cncc(-n2nc(C)cc2C)n1)N1CCCCC1. The summed E-state index contributed by atoms with van der Waals surface area (Å²) in [7, 11) is 1.74. The van der Waals surface area contributed by atoms with E-state index < -0.39 is 0 Å². The van der Waals surface area contributed by atoms with Crippen LogP contribution in [0.4, 0.5) is 5.82 Å². The topological polar surface area (TPSA) is 68.1 Å². The van der Waals surface area contributed by atoms with Gasteiger partial charge in [0, 0.05) is 17.8 Å². The molecular formula is C23H30N6O. The number of piperidine rings is 1. The van der Waals surface area contributed by atoms with E-state index in [0.29, 0.717) is 0 Å². The molecule has 3 heterocycles. The molecule has 0 amide bonds. The molecule has 1 atom stereocenters. The van der Waals surface area contributed by atoms with Gasteiger partial charge in [-0.15, -0.1) is 0 Å². The average Bonchev–Trinajstić information content (AvgIpc) is 3.13. The quantitative estimate of drug-likeness (QED) is 0.641. The van der Waals surface area contributed by atoms with Crippen LogP contribution in [0.2, 0.25) is 0 Å². The second-order valence-corrected chi connectivity index (χ2v) is 7.84. The van der Waals surface area contributed by atoms with Crippen molar-refractivity contribution in [2.24, 2.45) is 0 Å². The molecule has 0 saturated carbocycles. The number of aryl methyl sites for hydroxylation is 2. The van der Waals surface area contributed by atoms with Crippen molar-refractivity contribution in [3.63, 3.8) is 0 Å². The number of hydrogen-bond acceptors (Lipinski definition) is 6. The zero-order valence-corrected chi connectivity index (χ0v) is 18.0. The molecule has 0 radical (unpaired) electrons. The molecule has 1 fully saturated rings. The van der Waals surface area contributed by atoms with Gasteiger partial charge in [-0.3, -0.25) is 9.88 Å². The molecule has 1 unspecified atom stereocenters. The highest BCUT2D eigenvalue weighted by Gasteiger charge is 2.25. The fraction of sp³-hybridized carbons (Fsp3) is 0.435. The summed E-state index contributed by atoms with van der Waals surface area (Å²) in [5.41, 5.74) is 3.21. The van der Waals surface area contributed by atoms with Crippen molar-refractivity contribution >= 4 is 5.82 Å². The molecule has 158 valence electrons. The Labute approximate surface area is 178 Å². The van der Waals surface area contributed by atoms with Crippen LogP contribution in [0.15, 0.2) is 42.7 Å². The van der Waals surface area contributed by atoms with Crippen molar-refractivity contribution in [3.05, 3.63) is 59.7 Å². The van der Waals surface area contributed by atoms with Gasteiger partial charge in [-0.2, -0.15) is 5.10 Å². The number of ether oxygens (including phenoxy) is 1. The van der Waals surface area contributed by atoms with Gasteiger partial charge in [0.2, 0.25) is 0 Å². The predicted octanol–water partition coefficient (Wildman–Crippen LogP) is 3.93. The second-order valence-electron chi connectivity index (χ2n) is 7.84. The maximum absolute atomic E-state index is 5.67. The first-order chi connectivity index (χ1) is 14.7. The van der Waals surface area contributed by atoms with Gasteiger partial charge < -0.3 is 10.1 Å². The molecule has 7 nitrogen and oxygen atoms in total. The Morgan fingerprint density at radius 3 is 2.63 bits per heavy atom. The van der Waals surface area contributed by atoms with Crippen molar-refractivity contribution in [2.45, 2.75) is 39.2 Å². The highest BCUT2D eigenvalue weighted by atomic mass is 16.5. The molecule has 1 aliphatic rings. The number of nitrogens with one attached hydrogen (secondary N) is 1. The molecule has 7 heteroatoms. The lowest BCUT2D eigenvalue weighted by atomic mass is 10.0. The molecule has 4 rings (SSSR count). The van der Waals surface area contributed by atoms with Gasteiger partial charge in [-0.05, 0) is 51.9 Å². The number of para-hydroxylation sites is 1. The largest absolute Gasteiger partial charge is 0.496 e. The van der Waals surface area contributed by atoms with Crippen molar-refractivity contribution in [3.8, 4) is 11.6 Å². The van der Waals surface area contributed by atoms with Crippen molar-refractivity contribution in [1.29, 1.82) is 0 Å². The third-order valence-corrected chi connectivity index (χ3v) is 5.65. The maximum atomic E-state index is 5.67. The zero-order chi connectivity index (χ0) is 20.9. The van der Waals surface area contributed by atoms with Gasteiger partial charge in [0.1, 0.15) is 11.6 Å². The first kappa shape index (κ1) is 20.3. The summed E-state index contributed by atoms with van der Waals surface area (Å²) in [5, 5.41) is 8.04. The number of likely N-dealkylation sites (tertiary alicyclic amines) is 1. The molecule has 1 aliphatic heterocycles. The molecular weight excluding hydrogens is 376 g/mol. The number of methoxy groups -OCH3 is 1. The summed E-state index contributed by atoms with van der Waals surface area (Å²) in [6.07, 6.45) is 7.29. The Kier molecular flexibility index (Phi) is 6.28. The Morgan fingerprint density at radius 2 is 1.90 bits per heavy atom. The first-order valence-corrected chi connectivity index (χ1v) is 10.6. The van der Waals surface area contributed by atoms with Crippen LogP contribution in [0.25, 0.3) is 5.82 Å². The van der Waals surface area contributed by atoms with Crippen LogP contribution in [0.5, 0.6) is 5.75 Å². The van der Waals surface area contributed by atoms with Crippen LogP contribution in [0, 0.1) is 13.8 Å². The van der Waals surface area contributed by atoms with E-state index in [0.717, 1.165) is 48.4 Å². The van der Waals surface area contributed by atoms with Crippen molar-refractivity contribution in [2.75, 3.05) is 32.1 Å². The Bertz CT molecular complexity index is 979. The van der Waals surface area contributed by atoms with E-state index in [-0.39, 0.29) is 6.04 Å². The molecule has 0 spiro atoms. The monoisotopic (exact) mass is 406 g/mol. The minimum atomic E-state index is 0.209. The van der Waals surface area contributed by atoms with E-state index in [4.69, 9.17) is 9.72 Å². The van der Waals surface area contributed by atoms with Gasteiger partial charge in [0.25, 0.3) is 0 Å². The molecule has 1 saturated heterocycles. The minimum Gasteiger partial charge on any atom is -0.496 e. The van der Waals surface area contributed by atoms with Crippen LogP contribution in [0.3, 0.4) is 0 Å². The summed E-state index contributed by atoms with van der Waals surface area (Å²) in [6.45, 7) is 6.94. The summed E-state index contributed by atoms with van der Waals surface area (Å²) >= 11 is 0. The maximum Gasteiger partial charge on any atom is 0.174 e. The van der Waals surface area contributed by atoms with Gasteiger partial charge in [0.05, 0.1) is 31.2 Å². The van der Waals surface area contributed by atoms with Gasteiger partial charge in [-0.1, -0.05) is 24.6 Å². The number of anilines is 1. The smallest absolute Gasteiger partial charge is 0.174 e. The first-order valence-electron chi connectivity index (χ1n) is 10.6. The van der Waals surface area contributed by atoms with Crippen molar-refractivity contribution in [1.82, 2.24) is 24.6 Å². The third-order valence-electron chi connectivity index (χ3n) is 5.65. The second kappa shape index (κ2) is 9.26. The lowest BCUT2D eigenvalue weighted by Crippen LogP contribution is -2.37. The molecule has 0 bridgehead atoms.